The average Bonchev–Trinajstić information content (AvgIpc) is 2.96. The summed E-state index contributed by atoms with van der Waals surface area (Å²) in [5.74, 6) is 2.72. The van der Waals surface area contributed by atoms with E-state index >= 15 is 0 Å². The summed E-state index contributed by atoms with van der Waals surface area (Å²) in [6.07, 6.45) is 9.43. The van der Waals surface area contributed by atoms with Gasteiger partial charge >= 0.3 is 5.97 Å². The Morgan fingerprint density at radius 3 is 2.25 bits per heavy atom. The highest BCUT2D eigenvalue weighted by atomic mass is 16.7. The van der Waals surface area contributed by atoms with Gasteiger partial charge in [-0.05, 0) is 92.0 Å². The quantitative estimate of drug-likeness (QED) is 0.232. The second-order valence-corrected chi connectivity index (χ2v) is 11.6. The second-order valence-electron chi connectivity index (χ2n) is 11.6. The Morgan fingerprint density at radius 1 is 0.950 bits per heavy atom. The number of aromatic carboxylic acids is 1. The van der Waals surface area contributed by atoms with E-state index in [2.05, 4.69) is 6.07 Å². The molecule has 2 aromatic carbocycles. The number of hydrogen-bond donors (Lipinski definition) is 1. The fourth-order valence-corrected chi connectivity index (χ4v) is 7.60. The largest absolute Gasteiger partial charge is 0.479 e. The van der Waals surface area contributed by atoms with Crippen LogP contribution in [0, 0.1) is 17.8 Å². The summed E-state index contributed by atoms with van der Waals surface area (Å²) in [4.78, 5) is 20.8. The fraction of sp³-hybridized carbons (Fsp3) is 0.469. The van der Waals surface area contributed by atoms with Crippen molar-refractivity contribution in [2.75, 3.05) is 34.2 Å². The normalized spacial score (nSPS) is 24.7. The van der Waals surface area contributed by atoms with E-state index < -0.39 is 5.97 Å². The van der Waals surface area contributed by atoms with E-state index in [1.165, 1.54) is 44.1 Å². The minimum atomic E-state index is -0.964. The Balaban J connectivity index is 1.34. The summed E-state index contributed by atoms with van der Waals surface area (Å²) < 4.78 is 22.7. The van der Waals surface area contributed by atoms with Gasteiger partial charge in [-0.15, -0.1) is 0 Å². The van der Waals surface area contributed by atoms with Gasteiger partial charge in [0.1, 0.15) is 11.4 Å². The Kier molecular flexibility index (Phi) is 7.47. The molecule has 40 heavy (non-hydrogen) atoms. The van der Waals surface area contributed by atoms with Crippen LogP contribution in [0.25, 0.3) is 22.5 Å². The first-order chi connectivity index (χ1) is 19.5. The highest BCUT2D eigenvalue weighted by molar-refractivity contribution is 5.88. The van der Waals surface area contributed by atoms with Crippen molar-refractivity contribution in [3.63, 3.8) is 0 Å². The Hall–Kier alpha value is -3.49. The SMILES string of the molecule is COCCOCOc1ccc(-c2ncc(-c3ccc(C(=O)O)cc3)nc2OC)cc1C12CC3CC(CC(C3)C1)C2. The van der Waals surface area contributed by atoms with Gasteiger partial charge in [-0.3, -0.25) is 0 Å². The van der Waals surface area contributed by atoms with Crippen LogP contribution in [0.5, 0.6) is 11.6 Å². The summed E-state index contributed by atoms with van der Waals surface area (Å²) in [7, 11) is 3.26. The molecule has 4 aliphatic carbocycles. The molecule has 8 nitrogen and oxygen atoms in total. The number of rotatable bonds is 11. The van der Waals surface area contributed by atoms with E-state index in [1.807, 2.05) is 12.1 Å². The maximum absolute atomic E-state index is 11.2. The first-order valence-corrected chi connectivity index (χ1v) is 14.1. The highest BCUT2D eigenvalue weighted by Gasteiger charge is 2.52. The van der Waals surface area contributed by atoms with E-state index in [-0.39, 0.29) is 17.8 Å². The van der Waals surface area contributed by atoms with Crippen LogP contribution in [0.2, 0.25) is 0 Å². The van der Waals surface area contributed by atoms with E-state index in [4.69, 9.17) is 28.9 Å². The summed E-state index contributed by atoms with van der Waals surface area (Å²) in [6, 6.07) is 12.9. The van der Waals surface area contributed by atoms with Crippen molar-refractivity contribution in [1.29, 1.82) is 0 Å². The lowest BCUT2D eigenvalue weighted by Gasteiger charge is -2.57. The minimum absolute atomic E-state index is 0.110. The number of nitrogens with zero attached hydrogens (tertiary/aromatic N) is 2. The summed E-state index contributed by atoms with van der Waals surface area (Å²) in [5.41, 5.74) is 4.58. The number of aromatic nitrogens is 2. The third-order valence-corrected chi connectivity index (χ3v) is 8.95. The minimum Gasteiger partial charge on any atom is -0.479 e. The van der Waals surface area contributed by atoms with Gasteiger partial charge < -0.3 is 24.1 Å². The van der Waals surface area contributed by atoms with Crippen LogP contribution >= 0.6 is 0 Å². The van der Waals surface area contributed by atoms with Crippen LogP contribution < -0.4 is 9.47 Å². The van der Waals surface area contributed by atoms with Crippen LogP contribution in [0.3, 0.4) is 0 Å². The molecule has 4 fully saturated rings. The first kappa shape index (κ1) is 26.7. The van der Waals surface area contributed by atoms with Crippen molar-refractivity contribution in [2.24, 2.45) is 17.8 Å². The van der Waals surface area contributed by atoms with E-state index in [9.17, 15) is 9.90 Å². The molecule has 0 amide bonds. The Bertz CT molecular complexity index is 1340. The number of carboxylic acids is 1. The van der Waals surface area contributed by atoms with E-state index in [0.29, 0.717) is 30.5 Å². The number of benzene rings is 2. The van der Waals surface area contributed by atoms with Crippen LogP contribution in [-0.2, 0) is 14.9 Å². The summed E-state index contributed by atoms with van der Waals surface area (Å²) >= 11 is 0. The molecular weight excluding hydrogens is 508 g/mol. The molecule has 4 aliphatic rings. The molecule has 1 aromatic heterocycles. The van der Waals surface area contributed by atoms with Crippen molar-refractivity contribution in [3.8, 4) is 34.1 Å². The number of hydrogen-bond acceptors (Lipinski definition) is 7. The van der Waals surface area contributed by atoms with Crippen molar-refractivity contribution < 1.29 is 28.8 Å². The predicted molar refractivity (Wildman–Crippen MR) is 150 cm³/mol. The molecular formula is C32H36N2O6. The summed E-state index contributed by atoms with van der Waals surface area (Å²) in [6.45, 7) is 1.20. The van der Waals surface area contributed by atoms with Gasteiger partial charge in [0.2, 0.25) is 5.88 Å². The van der Waals surface area contributed by atoms with Gasteiger partial charge in [-0.2, -0.15) is 0 Å². The van der Waals surface area contributed by atoms with Gasteiger partial charge in [-0.1, -0.05) is 12.1 Å². The van der Waals surface area contributed by atoms with Gasteiger partial charge in [0.05, 0.1) is 37.8 Å². The Morgan fingerprint density at radius 2 is 1.62 bits per heavy atom. The molecule has 0 radical (unpaired) electrons. The molecule has 1 heterocycles. The molecule has 0 spiro atoms. The maximum atomic E-state index is 11.2. The molecule has 4 saturated carbocycles. The third kappa shape index (κ3) is 5.18. The molecule has 0 unspecified atom stereocenters. The number of methoxy groups -OCH3 is 2. The van der Waals surface area contributed by atoms with Crippen molar-refractivity contribution in [3.05, 3.63) is 59.8 Å². The van der Waals surface area contributed by atoms with Crippen molar-refractivity contribution in [2.45, 2.75) is 43.9 Å². The molecule has 0 saturated heterocycles. The topological polar surface area (TPSA) is 100 Å². The zero-order valence-corrected chi connectivity index (χ0v) is 23.1. The van der Waals surface area contributed by atoms with Crippen molar-refractivity contribution >= 4 is 5.97 Å². The number of carbonyl (C=O) groups is 1. The average molecular weight is 545 g/mol. The molecule has 0 aliphatic heterocycles. The maximum Gasteiger partial charge on any atom is 0.335 e. The van der Waals surface area contributed by atoms with Gasteiger partial charge in [-0.25, -0.2) is 14.8 Å². The zero-order chi connectivity index (χ0) is 27.7. The molecule has 8 heteroatoms. The van der Waals surface area contributed by atoms with Crippen LogP contribution in [0.4, 0.5) is 0 Å². The first-order valence-electron chi connectivity index (χ1n) is 14.1. The Labute approximate surface area is 234 Å². The van der Waals surface area contributed by atoms with Gasteiger partial charge in [0.15, 0.2) is 6.79 Å². The second kappa shape index (κ2) is 11.2. The van der Waals surface area contributed by atoms with Crippen LogP contribution in [0.15, 0.2) is 48.7 Å². The number of ether oxygens (including phenoxy) is 4. The predicted octanol–water partition coefficient (Wildman–Crippen LogP) is 5.98. The molecule has 1 N–H and O–H groups in total. The van der Waals surface area contributed by atoms with Crippen LogP contribution in [-0.4, -0.2) is 55.3 Å². The van der Waals surface area contributed by atoms with Crippen LogP contribution in [0.1, 0.15) is 54.4 Å². The number of carboxylic acid groups (broad SMARTS) is 1. The zero-order valence-electron chi connectivity index (χ0n) is 23.1. The lowest BCUT2D eigenvalue weighted by atomic mass is 9.48. The molecule has 0 atom stereocenters. The lowest BCUT2D eigenvalue weighted by Crippen LogP contribution is -2.48. The summed E-state index contributed by atoms with van der Waals surface area (Å²) in [5, 5.41) is 9.21. The van der Waals surface area contributed by atoms with E-state index in [0.717, 1.165) is 34.6 Å². The smallest absolute Gasteiger partial charge is 0.335 e. The molecule has 210 valence electrons. The highest BCUT2D eigenvalue weighted by Crippen LogP contribution is 2.62. The van der Waals surface area contributed by atoms with Gasteiger partial charge in [0, 0.05) is 23.8 Å². The van der Waals surface area contributed by atoms with Crippen molar-refractivity contribution in [1.82, 2.24) is 9.97 Å². The molecule has 7 rings (SSSR count). The monoisotopic (exact) mass is 544 g/mol. The standard InChI is InChI=1S/C32H36N2O6/c1-37-9-10-39-19-40-28-8-7-25(14-26(28)32-15-20-11-21(16-32)13-22(12-20)17-32)29-30(38-2)34-27(18-33-29)23-3-5-24(6-4-23)31(35)36/h3-8,14,18,20-22H,9-13,15-17,19H2,1-2H3,(H,35,36). The molecule has 4 bridgehead atoms. The van der Waals surface area contributed by atoms with E-state index in [1.54, 1.807) is 44.7 Å². The lowest BCUT2D eigenvalue weighted by molar-refractivity contribution is -0.0189. The molecule has 3 aromatic rings. The van der Waals surface area contributed by atoms with Gasteiger partial charge in [0.25, 0.3) is 0 Å². The fourth-order valence-electron chi connectivity index (χ4n) is 7.60. The third-order valence-electron chi connectivity index (χ3n) is 8.95.